The monoisotopic (exact) mass is 405 g/mol. The Morgan fingerprint density at radius 1 is 1.11 bits per heavy atom. The van der Waals surface area contributed by atoms with Gasteiger partial charge in [-0.15, -0.1) is 0 Å². The number of rotatable bonds is 7. The van der Waals surface area contributed by atoms with Crippen molar-refractivity contribution >= 4 is 34.8 Å². The molecule has 0 radical (unpaired) electrons. The number of anilines is 1. The van der Waals surface area contributed by atoms with Crippen LogP contribution < -0.4 is 15.4 Å². The molecule has 0 unspecified atom stereocenters. The number of nitro benzene ring substituents is 1. The van der Waals surface area contributed by atoms with Gasteiger partial charge in [0, 0.05) is 17.8 Å². The molecule has 0 heterocycles. The molecular weight excluding hydrogens is 386 g/mol. The fourth-order valence-electron chi connectivity index (χ4n) is 2.65. The molecule has 0 fully saturated rings. The number of halogens is 1. The predicted octanol–water partition coefficient (Wildman–Crippen LogP) is 3.31. The lowest BCUT2D eigenvalue weighted by molar-refractivity contribution is -0.384. The highest BCUT2D eigenvalue weighted by molar-refractivity contribution is 6.32. The van der Waals surface area contributed by atoms with Gasteiger partial charge in [-0.25, -0.2) is 0 Å². The van der Waals surface area contributed by atoms with Gasteiger partial charge in [0.15, 0.2) is 6.61 Å². The van der Waals surface area contributed by atoms with Gasteiger partial charge in [-0.05, 0) is 38.0 Å². The summed E-state index contributed by atoms with van der Waals surface area (Å²) in [5.41, 5.74) is 3.52. The Bertz CT molecular complexity index is 907. The van der Waals surface area contributed by atoms with Crippen LogP contribution in [0.3, 0.4) is 0 Å². The topological polar surface area (TPSA) is 111 Å². The number of aryl methyl sites for hydroxylation is 3. The lowest BCUT2D eigenvalue weighted by atomic mass is 10.1. The molecule has 2 aromatic carbocycles. The molecule has 0 aliphatic heterocycles. The first-order valence-corrected chi connectivity index (χ1v) is 8.76. The Morgan fingerprint density at radius 3 is 2.32 bits per heavy atom. The molecule has 2 N–H and O–H groups in total. The van der Waals surface area contributed by atoms with Crippen LogP contribution in [-0.2, 0) is 9.59 Å². The molecule has 0 atom stereocenters. The zero-order valence-corrected chi connectivity index (χ0v) is 16.4. The summed E-state index contributed by atoms with van der Waals surface area (Å²) < 4.78 is 5.24. The summed E-state index contributed by atoms with van der Waals surface area (Å²) >= 11 is 5.89. The van der Waals surface area contributed by atoms with Crippen molar-refractivity contribution in [3.63, 3.8) is 0 Å². The quantitative estimate of drug-likeness (QED) is 0.542. The van der Waals surface area contributed by atoms with E-state index in [0.717, 1.165) is 28.4 Å². The van der Waals surface area contributed by atoms with Crippen LogP contribution in [0, 0.1) is 30.9 Å². The van der Waals surface area contributed by atoms with Crippen LogP contribution in [0.1, 0.15) is 16.7 Å². The number of ether oxygens (including phenoxy) is 1. The van der Waals surface area contributed by atoms with Gasteiger partial charge in [-0.2, -0.15) is 0 Å². The highest BCUT2D eigenvalue weighted by Gasteiger charge is 2.13. The first-order chi connectivity index (χ1) is 13.2. The molecule has 148 valence electrons. The Hall–Kier alpha value is -3.13. The molecule has 2 aromatic rings. The van der Waals surface area contributed by atoms with Crippen molar-refractivity contribution in [1.82, 2.24) is 5.32 Å². The van der Waals surface area contributed by atoms with E-state index in [2.05, 4.69) is 10.6 Å². The number of carbonyl (C=O) groups is 2. The zero-order valence-electron chi connectivity index (χ0n) is 15.7. The van der Waals surface area contributed by atoms with Crippen molar-refractivity contribution in [3.8, 4) is 5.75 Å². The highest BCUT2D eigenvalue weighted by Crippen LogP contribution is 2.28. The molecule has 0 saturated heterocycles. The fourth-order valence-corrected chi connectivity index (χ4v) is 2.88. The summed E-state index contributed by atoms with van der Waals surface area (Å²) in [7, 11) is 0. The standard InChI is InChI=1S/C19H20ClN3O5/c1-11-6-12(2)19(13(3)7-11)22-17(24)9-21-18(25)10-28-16-5-4-14(23(26)27)8-15(16)20/h4-8H,9-10H2,1-3H3,(H,21,25)(H,22,24). The van der Waals surface area contributed by atoms with Crippen molar-refractivity contribution in [2.75, 3.05) is 18.5 Å². The summed E-state index contributed by atoms with van der Waals surface area (Å²) in [6, 6.07) is 7.59. The van der Waals surface area contributed by atoms with Crippen LogP contribution >= 0.6 is 11.6 Å². The van der Waals surface area contributed by atoms with E-state index in [1.165, 1.54) is 12.1 Å². The van der Waals surface area contributed by atoms with Crippen molar-refractivity contribution in [3.05, 3.63) is 62.2 Å². The lowest BCUT2D eigenvalue weighted by Gasteiger charge is -2.13. The van der Waals surface area contributed by atoms with Gasteiger partial charge < -0.3 is 15.4 Å². The Labute approximate surface area is 167 Å². The van der Waals surface area contributed by atoms with Crippen LogP contribution in [0.25, 0.3) is 0 Å². The third kappa shape index (κ3) is 5.68. The molecular formula is C19H20ClN3O5. The van der Waals surface area contributed by atoms with Crippen molar-refractivity contribution in [2.45, 2.75) is 20.8 Å². The molecule has 0 aliphatic rings. The smallest absolute Gasteiger partial charge is 0.271 e. The van der Waals surface area contributed by atoms with Gasteiger partial charge in [0.25, 0.3) is 11.6 Å². The van der Waals surface area contributed by atoms with E-state index >= 15 is 0 Å². The first-order valence-electron chi connectivity index (χ1n) is 8.38. The maximum Gasteiger partial charge on any atom is 0.271 e. The van der Waals surface area contributed by atoms with E-state index in [1.807, 2.05) is 32.9 Å². The van der Waals surface area contributed by atoms with E-state index < -0.39 is 10.8 Å². The van der Waals surface area contributed by atoms with E-state index in [0.29, 0.717) is 0 Å². The number of hydrogen-bond acceptors (Lipinski definition) is 5. The summed E-state index contributed by atoms with van der Waals surface area (Å²) in [6.07, 6.45) is 0. The number of nitro groups is 1. The molecule has 8 nitrogen and oxygen atoms in total. The minimum atomic E-state index is -0.585. The number of carbonyl (C=O) groups excluding carboxylic acids is 2. The molecule has 9 heteroatoms. The van der Waals surface area contributed by atoms with Crippen LogP contribution in [0.5, 0.6) is 5.75 Å². The Kier molecular flexibility index (Phi) is 6.94. The fraction of sp³-hybridized carbons (Fsp3) is 0.263. The lowest BCUT2D eigenvalue weighted by Crippen LogP contribution is -2.36. The van der Waals surface area contributed by atoms with E-state index in [-0.39, 0.29) is 35.5 Å². The van der Waals surface area contributed by atoms with Gasteiger partial charge in [0.05, 0.1) is 16.5 Å². The SMILES string of the molecule is Cc1cc(C)c(NC(=O)CNC(=O)COc2ccc([N+](=O)[O-])cc2Cl)c(C)c1. The summed E-state index contributed by atoms with van der Waals surface area (Å²) in [5.74, 6) is -0.753. The second-order valence-electron chi connectivity index (χ2n) is 6.26. The number of benzene rings is 2. The van der Waals surface area contributed by atoms with Crippen molar-refractivity contribution in [2.24, 2.45) is 0 Å². The van der Waals surface area contributed by atoms with Gasteiger partial charge >= 0.3 is 0 Å². The number of non-ortho nitro benzene ring substituents is 1. The van der Waals surface area contributed by atoms with Crippen LogP contribution in [0.4, 0.5) is 11.4 Å². The maximum atomic E-state index is 12.1. The third-order valence-corrected chi connectivity index (χ3v) is 4.17. The average Bonchev–Trinajstić information content (AvgIpc) is 2.61. The average molecular weight is 406 g/mol. The normalized spacial score (nSPS) is 10.3. The molecule has 2 rings (SSSR count). The van der Waals surface area contributed by atoms with E-state index in [1.54, 1.807) is 0 Å². The van der Waals surface area contributed by atoms with Crippen LogP contribution in [0.15, 0.2) is 30.3 Å². The zero-order chi connectivity index (χ0) is 20.8. The van der Waals surface area contributed by atoms with Crippen molar-refractivity contribution < 1.29 is 19.2 Å². The highest BCUT2D eigenvalue weighted by atomic mass is 35.5. The predicted molar refractivity (Wildman–Crippen MR) is 106 cm³/mol. The van der Waals surface area contributed by atoms with Crippen molar-refractivity contribution in [1.29, 1.82) is 0 Å². The number of nitrogens with zero attached hydrogens (tertiary/aromatic N) is 1. The van der Waals surface area contributed by atoms with Gasteiger partial charge in [0.2, 0.25) is 5.91 Å². The molecule has 0 aromatic heterocycles. The van der Waals surface area contributed by atoms with Gasteiger partial charge in [-0.1, -0.05) is 29.3 Å². The van der Waals surface area contributed by atoms with Gasteiger partial charge in [0.1, 0.15) is 5.75 Å². The first kappa shape index (κ1) is 21.2. The maximum absolute atomic E-state index is 12.1. The molecule has 0 aliphatic carbocycles. The molecule has 2 amide bonds. The number of amides is 2. The minimum absolute atomic E-state index is 0.0186. The second-order valence-corrected chi connectivity index (χ2v) is 6.67. The largest absolute Gasteiger partial charge is 0.482 e. The van der Waals surface area contributed by atoms with E-state index in [9.17, 15) is 19.7 Å². The second kappa shape index (κ2) is 9.18. The van der Waals surface area contributed by atoms with Crippen LogP contribution in [0.2, 0.25) is 5.02 Å². The summed E-state index contributed by atoms with van der Waals surface area (Å²) in [5, 5.41) is 15.9. The molecule has 0 bridgehead atoms. The summed E-state index contributed by atoms with van der Waals surface area (Å²) in [6.45, 7) is 5.17. The van der Waals surface area contributed by atoms with Crippen LogP contribution in [-0.4, -0.2) is 29.9 Å². The summed E-state index contributed by atoms with van der Waals surface area (Å²) in [4.78, 5) is 34.0. The van der Waals surface area contributed by atoms with E-state index in [4.69, 9.17) is 16.3 Å². The Balaban J connectivity index is 1.84. The molecule has 28 heavy (non-hydrogen) atoms. The molecule has 0 spiro atoms. The molecule has 0 saturated carbocycles. The number of nitrogens with one attached hydrogen (secondary N) is 2. The van der Waals surface area contributed by atoms with Gasteiger partial charge in [-0.3, -0.25) is 19.7 Å². The minimum Gasteiger partial charge on any atom is -0.482 e. The third-order valence-electron chi connectivity index (χ3n) is 3.87. The Morgan fingerprint density at radius 2 is 1.75 bits per heavy atom. The number of hydrogen-bond donors (Lipinski definition) is 2.